The maximum Gasteiger partial charge on any atom is 0.165 e. The quantitative estimate of drug-likeness (QED) is 0.161. The number of fused-ring (bicyclic) bond motifs is 8. The van der Waals surface area contributed by atoms with Crippen molar-refractivity contribution in [2.24, 2.45) is 0 Å². The molecular formula is C63H37N5. The van der Waals surface area contributed by atoms with E-state index in [1.165, 1.54) is 43.1 Å². The fraction of sp³-hybridized carbons (Fsp3) is 0. The summed E-state index contributed by atoms with van der Waals surface area (Å²) in [5, 5.41) is 15.7. The number of benzene rings is 11. The first-order chi connectivity index (χ1) is 33.7. The van der Waals surface area contributed by atoms with Crippen LogP contribution in [0.4, 0.5) is 0 Å². The minimum Gasteiger partial charge on any atom is -0.256 e. The Hall–Kier alpha value is -9.19. The van der Waals surface area contributed by atoms with Crippen molar-refractivity contribution in [3.63, 3.8) is 0 Å². The summed E-state index contributed by atoms with van der Waals surface area (Å²) in [6, 6.07) is 76.0. The first kappa shape index (κ1) is 38.1. The van der Waals surface area contributed by atoms with E-state index in [2.05, 4.69) is 200 Å². The first-order valence-corrected chi connectivity index (χ1v) is 23.0. The van der Waals surface area contributed by atoms with Crippen LogP contribution in [0, 0.1) is 0 Å². The van der Waals surface area contributed by atoms with Crippen LogP contribution in [0.15, 0.2) is 225 Å². The number of aromatic nitrogens is 5. The summed E-state index contributed by atoms with van der Waals surface area (Å²) in [4.78, 5) is 26.4. The number of nitrogens with zero attached hydrogens (tertiary/aromatic N) is 5. The van der Waals surface area contributed by atoms with Crippen LogP contribution >= 0.6 is 0 Å². The van der Waals surface area contributed by atoms with E-state index in [0.717, 1.165) is 82.3 Å². The largest absolute Gasteiger partial charge is 0.256 e. The molecule has 0 spiro atoms. The van der Waals surface area contributed by atoms with Crippen LogP contribution in [0.25, 0.3) is 143 Å². The molecule has 0 aliphatic rings. The normalized spacial score (nSPS) is 11.8. The summed E-state index contributed by atoms with van der Waals surface area (Å²) in [6.07, 6.45) is 3.69. The fourth-order valence-electron chi connectivity index (χ4n) is 10.5. The first-order valence-electron chi connectivity index (χ1n) is 23.0. The Morgan fingerprint density at radius 2 is 0.603 bits per heavy atom. The Morgan fingerprint density at radius 1 is 0.235 bits per heavy atom. The molecule has 0 fully saturated rings. The summed E-state index contributed by atoms with van der Waals surface area (Å²) < 4.78 is 0. The second kappa shape index (κ2) is 15.2. The van der Waals surface area contributed by atoms with Crippen molar-refractivity contribution >= 4 is 86.4 Å². The Bertz CT molecular complexity index is 4020. The number of rotatable bonds is 5. The third-order valence-electron chi connectivity index (χ3n) is 13.6. The molecule has 0 atom stereocenters. The molecule has 0 radical (unpaired) electrons. The second-order valence-corrected chi connectivity index (χ2v) is 17.6. The Morgan fingerprint density at radius 3 is 1.09 bits per heavy atom. The van der Waals surface area contributed by atoms with Crippen molar-refractivity contribution in [3.05, 3.63) is 225 Å². The predicted octanol–water partition coefficient (Wildman–Crippen LogP) is 16.2. The molecule has 0 unspecified atom stereocenters. The lowest BCUT2D eigenvalue weighted by atomic mass is 9.90. The molecule has 0 saturated carbocycles. The Labute approximate surface area is 390 Å². The summed E-state index contributed by atoms with van der Waals surface area (Å²) >= 11 is 0. The predicted molar refractivity (Wildman–Crippen MR) is 283 cm³/mol. The van der Waals surface area contributed by atoms with Gasteiger partial charge in [0.15, 0.2) is 17.5 Å². The van der Waals surface area contributed by atoms with Crippen LogP contribution < -0.4 is 0 Å². The van der Waals surface area contributed by atoms with Gasteiger partial charge in [-0.1, -0.05) is 146 Å². The standard InChI is InChI=1S/C63H37N5/c1-3-15-40-34-55-42(29-38(40)13-1)19-9-23-49(55)46-31-47(50-24-10-20-43-30-39-14-2-4-16-41(39)35-56(43)50)33-48(32-46)61-66-62(59-51-21-7-5-17-44(51)36-57-53(59)25-11-27-64-57)68-63(67-61)60-52-22-8-6-18-45(52)37-58-54(60)26-12-28-65-58/h1-37H. The number of hydrogen-bond donors (Lipinski definition) is 0. The lowest BCUT2D eigenvalue weighted by Gasteiger charge is -2.17. The zero-order valence-corrected chi connectivity index (χ0v) is 36.6. The highest BCUT2D eigenvalue weighted by molar-refractivity contribution is 6.13. The topological polar surface area (TPSA) is 64.5 Å². The molecule has 0 amide bonds. The number of hydrogen-bond acceptors (Lipinski definition) is 5. The van der Waals surface area contributed by atoms with Gasteiger partial charge in [0.2, 0.25) is 0 Å². The SMILES string of the molecule is c1ccc2cc3c(-c4cc(-c5nc(-c6c7ccccc7cc7ncccc67)nc(-c6c7ccccc7cc7ncccc67)n5)cc(-c5cccc6cc7ccccc7cc56)c4)cccc3cc2c1. The third kappa shape index (κ3) is 6.21. The molecule has 11 aromatic carbocycles. The van der Waals surface area contributed by atoms with Gasteiger partial charge in [-0.3, -0.25) is 9.97 Å². The minimum absolute atomic E-state index is 0.569. The van der Waals surface area contributed by atoms with Crippen molar-refractivity contribution in [3.8, 4) is 56.4 Å². The van der Waals surface area contributed by atoms with Crippen molar-refractivity contribution in [2.45, 2.75) is 0 Å². The molecule has 314 valence electrons. The molecule has 3 aromatic heterocycles. The van der Waals surface area contributed by atoms with Gasteiger partial charge in [-0.25, -0.2) is 15.0 Å². The van der Waals surface area contributed by atoms with E-state index >= 15 is 0 Å². The van der Waals surface area contributed by atoms with E-state index in [4.69, 9.17) is 24.9 Å². The minimum atomic E-state index is 0.569. The van der Waals surface area contributed by atoms with Gasteiger partial charge in [0.05, 0.1) is 11.0 Å². The summed E-state index contributed by atoms with van der Waals surface area (Å²) in [5.41, 5.74) is 8.86. The summed E-state index contributed by atoms with van der Waals surface area (Å²) in [6.45, 7) is 0. The van der Waals surface area contributed by atoms with Crippen molar-refractivity contribution in [1.82, 2.24) is 24.9 Å². The summed E-state index contributed by atoms with van der Waals surface area (Å²) in [5.74, 6) is 1.72. The van der Waals surface area contributed by atoms with Crippen molar-refractivity contribution < 1.29 is 0 Å². The van der Waals surface area contributed by atoms with Gasteiger partial charge >= 0.3 is 0 Å². The Kier molecular flexibility index (Phi) is 8.52. The molecule has 0 bridgehead atoms. The van der Waals surface area contributed by atoms with Gasteiger partial charge in [0.1, 0.15) is 0 Å². The molecule has 0 aliphatic heterocycles. The van der Waals surface area contributed by atoms with Crippen LogP contribution in [0.5, 0.6) is 0 Å². The zero-order chi connectivity index (χ0) is 44.7. The van der Waals surface area contributed by atoms with Crippen LogP contribution in [-0.4, -0.2) is 24.9 Å². The Balaban J connectivity index is 1.11. The van der Waals surface area contributed by atoms with E-state index < -0.39 is 0 Å². The monoisotopic (exact) mass is 863 g/mol. The van der Waals surface area contributed by atoms with E-state index in [-0.39, 0.29) is 0 Å². The van der Waals surface area contributed by atoms with E-state index in [1.54, 1.807) is 0 Å². The van der Waals surface area contributed by atoms with Crippen molar-refractivity contribution in [2.75, 3.05) is 0 Å². The maximum atomic E-state index is 5.57. The summed E-state index contributed by atoms with van der Waals surface area (Å²) in [7, 11) is 0. The molecule has 3 heterocycles. The zero-order valence-electron chi connectivity index (χ0n) is 36.6. The van der Waals surface area contributed by atoms with Crippen LogP contribution in [0.2, 0.25) is 0 Å². The van der Waals surface area contributed by atoms with Crippen LogP contribution in [0.1, 0.15) is 0 Å². The molecule has 0 N–H and O–H groups in total. The van der Waals surface area contributed by atoms with E-state index in [1.807, 2.05) is 24.5 Å². The van der Waals surface area contributed by atoms with E-state index in [0.29, 0.717) is 17.5 Å². The highest BCUT2D eigenvalue weighted by Crippen LogP contribution is 2.42. The average molecular weight is 864 g/mol. The molecular weight excluding hydrogens is 827 g/mol. The highest BCUT2D eigenvalue weighted by atomic mass is 15.0. The highest BCUT2D eigenvalue weighted by Gasteiger charge is 2.22. The fourth-order valence-corrected chi connectivity index (χ4v) is 10.5. The van der Waals surface area contributed by atoms with Gasteiger partial charge < -0.3 is 0 Å². The molecule has 0 aliphatic carbocycles. The molecule has 0 saturated heterocycles. The molecule has 5 heteroatoms. The maximum absolute atomic E-state index is 5.57. The lowest BCUT2D eigenvalue weighted by Crippen LogP contribution is -2.03. The smallest absolute Gasteiger partial charge is 0.165 e. The number of pyridine rings is 2. The molecule has 5 nitrogen and oxygen atoms in total. The molecule has 14 aromatic rings. The molecule has 68 heavy (non-hydrogen) atoms. The van der Waals surface area contributed by atoms with E-state index in [9.17, 15) is 0 Å². The van der Waals surface area contributed by atoms with Gasteiger partial charge in [0.25, 0.3) is 0 Å². The lowest BCUT2D eigenvalue weighted by molar-refractivity contribution is 1.08. The van der Waals surface area contributed by atoms with Crippen molar-refractivity contribution in [1.29, 1.82) is 0 Å². The van der Waals surface area contributed by atoms with Crippen LogP contribution in [-0.2, 0) is 0 Å². The van der Waals surface area contributed by atoms with Gasteiger partial charge in [-0.15, -0.1) is 0 Å². The molecule has 14 rings (SSSR count). The van der Waals surface area contributed by atoms with Gasteiger partial charge in [-0.05, 0) is 154 Å². The second-order valence-electron chi connectivity index (χ2n) is 17.6. The average Bonchev–Trinajstić information content (AvgIpc) is 3.39. The van der Waals surface area contributed by atoms with Gasteiger partial charge in [0, 0.05) is 39.9 Å². The third-order valence-corrected chi connectivity index (χ3v) is 13.6. The van der Waals surface area contributed by atoms with Crippen LogP contribution in [0.3, 0.4) is 0 Å². The van der Waals surface area contributed by atoms with Gasteiger partial charge in [-0.2, -0.15) is 0 Å².